The second-order valence-electron chi connectivity index (χ2n) is 6.64. The molecule has 1 rings (SSSR count). The van der Waals surface area contributed by atoms with Gasteiger partial charge in [0.05, 0.1) is 0 Å². The van der Waals surface area contributed by atoms with Crippen LogP contribution in [0.2, 0.25) is 0 Å². The molecule has 1 aromatic carbocycles. The number of benzene rings is 1. The smallest absolute Gasteiger partial charge is 0.221 e. The molecule has 0 saturated carbocycles. The molecule has 3 nitrogen and oxygen atoms in total. The van der Waals surface area contributed by atoms with Gasteiger partial charge in [-0.2, -0.15) is 0 Å². The van der Waals surface area contributed by atoms with Crippen molar-refractivity contribution in [3.8, 4) is 0 Å². The van der Waals surface area contributed by atoms with Gasteiger partial charge in [-0.15, -0.1) is 0 Å². The highest BCUT2D eigenvalue weighted by molar-refractivity contribution is 5.77. The van der Waals surface area contributed by atoms with Crippen LogP contribution in [0.15, 0.2) is 24.3 Å². The Balaban J connectivity index is 2.66. The second-order valence-corrected chi connectivity index (χ2v) is 6.64. The van der Waals surface area contributed by atoms with Crippen molar-refractivity contribution in [2.45, 2.75) is 52.0 Å². The van der Waals surface area contributed by atoms with Crippen molar-refractivity contribution in [2.24, 2.45) is 5.73 Å². The third-order valence-electron chi connectivity index (χ3n) is 3.22. The van der Waals surface area contributed by atoms with E-state index in [1.165, 1.54) is 11.1 Å². The fraction of sp³-hybridized carbons (Fsp3) is 0.562. The lowest BCUT2D eigenvalue weighted by Gasteiger charge is -2.28. The van der Waals surface area contributed by atoms with E-state index in [4.69, 9.17) is 5.73 Å². The number of aryl methyl sites for hydroxylation is 1. The molecular weight excluding hydrogens is 236 g/mol. The molecule has 0 aromatic heterocycles. The number of nitrogens with two attached hydrogens (primary N) is 1. The van der Waals surface area contributed by atoms with Gasteiger partial charge in [-0.1, -0.05) is 38.1 Å². The SMILES string of the molecule is Cc1ccccc1C(C)(C)CNC(=O)CC(C)(C)N. The lowest BCUT2D eigenvalue weighted by Crippen LogP contribution is -2.42. The van der Waals surface area contributed by atoms with E-state index in [-0.39, 0.29) is 11.3 Å². The number of rotatable bonds is 5. The average Bonchev–Trinajstić information content (AvgIpc) is 2.24. The van der Waals surface area contributed by atoms with E-state index in [2.05, 4.69) is 38.2 Å². The number of amides is 1. The molecular formula is C16H26N2O. The van der Waals surface area contributed by atoms with Crippen LogP contribution in [0, 0.1) is 6.92 Å². The summed E-state index contributed by atoms with van der Waals surface area (Å²) in [4.78, 5) is 11.8. The Morgan fingerprint density at radius 1 is 1.21 bits per heavy atom. The lowest BCUT2D eigenvalue weighted by atomic mass is 9.82. The van der Waals surface area contributed by atoms with Gasteiger partial charge in [-0.05, 0) is 31.9 Å². The van der Waals surface area contributed by atoms with Crippen LogP contribution in [0.1, 0.15) is 45.2 Å². The Hall–Kier alpha value is -1.35. The Morgan fingerprint density at radius 2 is 1.79 bits per heavy atom. The summed E-state index contributed by atoms with van der Waals surface area (Å²) >= 11 is 0. The van der Waals surface area contributed by atoms with E-state index < -0.39 is 5.54 Å². The summed E-state index contributed by atoms with van der Waals surface area (Å²) in [5.41, 5.74) is 7.82. The topological polar surface area (TPSA) is 55.1 Å². The van der Waals surface area contributed by atoms with Gasteiger partial charge in [0, 0.05) is 23.9 Å². The number of nitrogens with one attached hydrogen (secondary N) is 1. The average molecular weight is 262 g/mol. The molecule has 0 unspecified atom stereocenters. The first kappa shape index (κ1) is 15.7. The molecule has 1 amide bonds. The zero-order chi connectivity index (χ0) is 14.7. The first-order chi connectivity index (χ1) is 8.62. The quantitative estimate of drug-likeness (QED) is 0.856. The van der Waals surface area contributed by atoms with Gasteiger partial charge in [0.1, 0.15) is 0 Å². The van der Waals surface area contributed by atoms with E-state index in [1.807, 2.05) is 26.0 Å². The molecule has 0 atom stereocenters. The summed E-state index contributed by atoms with van der Waals surface area (Å²) in [5, 5.41) is 2.99. The summed E-state index contributed by atoms with van der Waals surface area (Å²) in [6.07, 6.45) is 0.344. The van der Waals surface area contributed by atoms with Crippen molar-refractivity contribution in [3.63, 3.8) is 0 Å². The van der Waals surface area contributed by atoms with Crippen molar-refractivity contribution >= 4 is 5.91 Å². The molecule has 0 aliphatic carbocycles. The Bertz CT molecular complexity index is 444. The molecule has 1 aromatic rings. The molecule has 0 fully saturated rings. The fourth-order valence-electron chi connectivity index (χ4n) is 2.22. The van der Waals surface area contributed by atoms with Crippen molar-refractivity contribution in [1.82, 2.24) is 5.32 Å². The van der Waals surface area contributed by atoms with Crippen LogP contribution in [0.5, 0.6) is 0 Å². The van der Waals surface area contributed by atoms with Crippen LogP contribution in [-0.4, -0.2) is 18.0 Å². The Labute approximate surface area is 116 Å². The third kappa shape index (κ3) is 5.03. The summed E-state index contributed by atoms with van der Waals surface area (Å²) in [7, 11) is 0. The zero-order valence-electron chi connectivity index (χ0n) is 12.7. The van der Waals surface area contributed by atoms with E-state index in [9.17, 15) is 4.79 Å². The first-order valence-electron chi connectivity index (χ1n) is 6.73. The highest BCUT2D eigenvalue weighted by Crippen LogP contribution is 2.25. The molecule has 0 radical (unpaired) electrons. The largest absolute Gasteiger partial charge is 0.355 e. The molecule has 0 spiro atoms. The molecule has 106 valence electrons. The molecule has 0 aliphatic rings. The molecule has 3 N–H and O–H groups in total. The van der Waals surface area contributed by atoms with Crippen LogP contribution in [0.25, 0.3) is 0 Å². The van der Waals surface area contributed by atoms with Crippen LogP contribution in [0.3, 0.4) is 0 Å². The predicted octanol–water partition coefficient (Wildman–Crippen LogP) is 2.52. The van der Waals surface area contributed by atoms with Crippen LogP contribution in [0.4, 0.5) is 0 Å². The minimum atomic E-state index is -0.461. The summed E-state index contributed by atoms with van der Waals surface area (Å²) < 4.78 is 0. The molecule has 0 bridgehead atoms. The Kier molecular flexibility index (Phi) is 4.75. The monoisotopic (exact) mass is 262 g/mol. The van der Waals surface area contributed by atoms with Crippen molar-refractivity contribution in [1.29, 1.82) is 0 Å². The number of hydrogen-bond acceptors (Lipinski definition) is 2. The predicted molar refractivity (Wildman–Crippen MR) is 80.1 cm³/mol. The van der Waals surface area contributed by atoms with Gasteiger partial charge in [0.2, 0.25) is 5.91 Å². The van der Waals surface area contributed by atoms with Crippen molar-refractivity contribution in [2.75, 3.05) is 6.54 Å². The normalized spacial score (nSPS) is 12.3. The van der Waals surface area contributed by atoms with Gasteiger partial charge in [-0.3, -0.25) is 4.79 Å². The molecule has 0 heterocycles. The number of carbonyl (C=O) groups excluding carboxylic acids is 1. The van der Waals surface area contributed by atoms with Gasteiger partial charge < -0.3 is 11.1 Å². The molecule has 3 heteroatoms. The third-order valence-corrected chi connectivity index (χ3v) is 3.22. The number of hydrogen-bond donors (Lipinski definition) is 2. The van der Waals surface area contributed by atoms with E-state index in [0.29, 0.717) is 13.0 Å². The molecule has 0 saturated heterocycles. The Morgan fingerprint density at radius 3 is 2.32 bits per heavy atom. The maximum absolute atomic E-state index is 11.8. The van der Waals surface area contributed by atoms with E-state index in [0.717, 1.165) is 0 Å². The highest BCUT2D eigenvalue weighted by Gasteiger charge is 2.24. The maximum atomic E-state index is 11.8. The zero-order valence-corrected chi connectivity index (χ0v) is 12.7. The van der Waals surface area contributed by atoms with Gasteiger partial charge in [-0.25, -0.2) is 0 Å². The molecule has 0 aliphatic heterocycles. The lowest BCUT2D eigenvalue weighted by molar-refractivity contribution is -0.122. The van der Waals surface area contributed by atoms with Gasteiger partial charge >= 0.3 is 0 Å². The maximum Gasteiger partial charge on any atom is 0.221 e. The fourth-order valence-corrected chi connectivity index (χ4v) is 2.22. The minimum absolute atomic E-state index is 0.00848. The van der Waals surface area contributed by atoms with E-state index >= 15 is 0 Å². The van der Waals surface area contributed by atoms with Crippen molar-refractivity contribution < 1.29 is 4.79 Å². The van der Waals surface area contributed by atoms with Gasteiger partial charge in [0.25, 0.3) is 0 Å². The summed E-state index contributed by atoms with van der Waals surface area (Å²) in [6, 6.07) is 8.29. The van der Waals surface area contributed by atoms with Crippen molar-refractivity contribution in [3.05, 3.63) is 35.4 Å². The van der Waals surface area contributed by atoms with Crippen LogP contribution in [-0.2, 0) is 10.2 Å². The molecule has 19 heavy (non-hydrogen) atoms. The van der Waals surface area contributed by atoms with Crippen LogP contribution < -0.4 is 11.1 Å². The summed E-state index contributed by atoms with van der Waals surface area (Å²) in [6.45, 7) is 10.7. The summed E-state index contributed by atoms with van der Waals surface area (Å²) in [5.74, 6) is 0.00848. The minimum Gasteiger partial charge on any atom is -0.355 e. The first-order valence-corrected chi connectivity index (χ1v) is 6.73. The van der Waals surface area contributed by atoms with E-state index in [1.54, 1.807) is 0 Å². The van der Waals surface area contributed by atoms with Gasteiger partial charge in [0.15, 0.2) is 0 Å². The standard InChI is InChI=1S/C16H26N2O/c1-12-8-6-7-9-13(12)15(2,3)11-18-14(19)10-16(4,5)17/h6-9H,10-11,17H2,1-5H3,(H,18,19). The van der Waals surface area contributed by atoms with Crippen LogP contribution >= 0.6 is 0 Å². The highest BCUT2D eigenvalue weighted by atomic mass is 16.1. The second kappa shape index (κ2) is 5.74. The number of carbonyl (C=O) groups is 1.